The zero-order valence-electron chi connectivity index (χ0n) is 12.2. The molecular formula is C15H31NO. The SMILES string of the molecule is CCCNC(C)C(C)OCC1CCCC(C)C1. The summed E-state index contributed by atoms with van der Waals surface area (Å²) in [5.74, 6) is 1.71. The van der Waals surface area contributed by atoms with E-state index in [0.717, 1.165) is 25.0 Å². The van der Waals surface area contributed by atoms with Gasteiger partial charge in [0, 0.05) is 12.6 Å². The number of nitrogens with one attached hydrogen (secondary N) is 1. The highest BCUT2D eigenvalue weighted by Crippen LogP contribution is 2.28. The summed E-state index contributed by atoms with van der Waals surface area (Å²) in [5.41, 5.74) is 0. The van der Waals surface area contributed by atoms with Gasteiger partial charge in [-0.1, -0.05) is 26.7 Å². The summed E-state index contributed by atoms with van der Waals surface area (Å²) >= 11 is 0. The topological polar surface area (TPSA) is 21.3 Å². The minimum absolute atomic E-state index is 0.332. The molecule has 0 aromatic carbocycles. The third-order valence-electron chi connectivity index (χ3n) is 4.06. The van der Waals surface area contributed by atoms with Crippen molar-refractivity contribution in [3.05, 3.63) is 0 Å². The molecule has 0 saturated heterocycles. The van der Waals surface area contributed by atoms with Crippen LogP contribution in [0.5, 0.6) is 0 Å². The van der Waals surface area contributed by atoms with Crippen LogP contribution in [0.15, 0.2) is 0 Å². The fraction of sp³-hybridized carbons (Fsp3) is 1.00. The quantitative estimate of drug-likeness (QED) is 0.735. The maximum absolute atomic E-state index is 6.03. The molecule has 4 unspecified atom stereocenters. The van der Waals surface area contributed by atoms with Gasteiger partial charge < -0.3 is 10.1 Å². The van der Waals surface area contributed by atoms with E-state index in [1.165, 1.54) is 32.1 Å². The Bertz CT molecular complexity index is 195. The molecule has 1 aliphatic carbocycles. The second-order valence-electron chi connectivity index (χ2n) is 5.92. The molecule has 0 aliphatic heterocycles. The van der Waals surface area contributed by atoms with E-state index in [1.54, 1.807) is 0 Å². The molecule has 1 rings (SSSR count). The maximum Gasteiger partial charge on any atom is 0.0697 e. The van der Waals surface area contributed by atoms with Gasteiger partial charge in [-0.25, -0.2) is 0 Å². The number of ether oxygens (including phenoxy) is 1. The van der Waals surface area contributed by atoms with Gasteiger partial charge in [0.25, 0.3) is 0 Å². The minimum atomic E-state index is 0.332. The monoisotopic (exact) mass is 241 g/mol. The Hall–Kier alpha value is -0.0800. The largest absolute Gasteiger partial charge is 0.377 e. The molecule has 4 atom stereocenters. The molecule has 0 heterocycles. The lowest BCUT2D eigenvalue weighted by atomic mass is 9.83. The van der Waals surface area contributed by atoms with Gasteiger partial charge in [-0.05, 0) is 51.5 Å². The summed E-state index contributed by atoms with van der Waals surface area (Å²) in [4.78, 5) is 0. The highest BCUT2D eigenvalue weighted by molar-refractivity contribution is 4.72. The molecule has 17 heavy (non-hydrogen) atoms. The van der Waals surface area contributed by atoms with E-state index in [-0.39, 0.29) is 0 Å². The van der Waals surface area contributed by atoms with E-state index in [1.807, 2.05) is 0 Å². The van der Waals surface area contributed by atoms with Crippen molar-refractivity contribution in [3.63, 3.8) is 0 Å². The van der Waals surface area contributed by atoms with Crippen LogP contribution in [0.2, 0.25) is 0 Å². The first-order valence-electron chi connectivity index (χ1n) is 7.48. The van der Waals surface area contributed by atoms with E-state index < -0.39 is 0 Å². The van der Waals surface area contributed by atoms with Crippen molar-refractivity contribution >= 4 is 0 Å². The molecule has 1 fully saturated rings. The first-order chi connectivity index (χ1) is 8.13. The lowest BCUT2D eigenvalue weighted by molar-refractivity contribution is 0.00914. The number of hydrogen-bond acceptors (Lipinski definition) is 2. The van der Waals surface area contributed by atoms with Gasteiger partial charge in [0.05, 0.1) is 6.10 Å². The molecule has 1 aliphatic rings. The first kappa shape index (κ1) is 15.0. The highest BCUT2D eigenvalue weighted by Gasteiger charge is 2.20. The van der Waals surface area contributed by atoms with Crippen molar-refractivity contribution in [1.82, 2.24) is 5.32 Å². The Kier molecular flexibility index (Phi) is 7.14. The van der Waals surface area contributed by atoms with Crippen LogP contribution in [-0.2, 0) is 4.74 Å². The number of hydrogen-bond donors (Lipinski definition) is 1. The maximum atomic E-state index is 6.03. The van der Waals surface area contributed by atoms with E-state index in [0.29, 0.717) is 12.1 Å². The van der Waals surface area contributed by atoms with Crippen molar-refractivity contribution in [2.75, 3.05) is 13.2 Å². The average molecular weight is 241 g/mol. The smallest absolute Gasteiger partial charge is 0.0697 e. The fourth-order valence-corrected chi connectivity index (χ4v) is 2.68. The summed E-state index contributed by atoms with van der Waals surface area (Å²) in [5, 5.41) is 3.50. The van der Waals surface area contributed by atoms with Crippen LogP contribution in [0.25, 0.3) is 0 Å². The van der Waals surface area contributed by atoms with Crippen molar-refractivity contribution in [1.29, 1.82) is 0 Å². The van der Waals surface area contributed by atoms with E-state index in [2.05, 4.69) is 33.0 Å². The van der Waals surface area contributed by atoms with Crippen LogP contribution in [0.3, 0.4) is 0 Å². The zero-order chi connectivity index (χ0) is 12.7. The van der Waals surface area contributed by atoms with Gasteiger partial charge in [-0.15, -0.1) is 0 Å². The molecule has 0 bridgehead atoms. The highest BCUT2D eigenvalue weighted by atomic mass is 16.5. The van der Waals surface area contributed by atoms with Crippen LogP contribution in [-0.4, -0.2) is 25.3 Å². The summed E-state index contributed by atoms with van der Waals surface area (Å²) in [6, 6.07) is 0.468. The molecule has 2 nitrogen and oxygen atoms in total. The lowest BCUT2D eigenvalue weighted by Crippen LogP contribution is -2.38. The van der Waals surface area contributed by atoms with Crippen LogP contribution in [0.4, 0.5) is 0 Å². The summed E-state index contributed by atoms with van der Waals surface area (Å²) < 4.78 is 6.03. The van der Waals surface area contributed by atoms with Crippen LogP contribution in [0, 0.1) is 11.8 Å². The Morgan fingerprint density at radius 3 is 2.71 bits per heavy atom. The standard InChI is InChI=1S/C15H31NO/c1-5-9-16-13(3)14(4)17-11-15-8-6-7-12(2)10-15/h12-16H,5-11H2,1-4H3. The third kappa shape index (κ3) is 5.87. The first-order valence-corrected chi connectivity index (χ1v) is 7.48. The lowest BCUT2D eigenvalue weighted by Gasteiger charge is -2.29. The van der Waals surface area contributed by atoms with Gasteiger partial charge in [-0.3, -0.25) is 0 Å². The van der Waals surface area contributed by atoms with Crippen molar-refractivity contribution in [3.8, 4) is 0 Å². The summed E-state index contributed by atoms with van der Waals surface area (Å²) in [6.07, 6.45) is 7.07. The second kappa shape index (κ2) is 8.10. The van der Waals surface area contributed by atoms with Crippen LogP contribution in [0.1, 0.15) is 59.8 Å². The second-order valence-corrected chi connectivity index (χ2v) is 5.92. The van der Waals surface area contributed by atoms with Gasteiger partial charge >= 0.3 is 0 Å². The normalized spacial score (nSPS) is 28.9. The van der Waals surface area contributed by atoms with Gasteiger partial charge in [-0.2, -0.15) is 0 Å². The fourth-order valence-electron chi connectivity index (χ4n) is 2.68. The predicted octanol–water partition coefficient (Wildman–Crippen LogP) is 3.61. The molecule has 1 N–H and O–H groups in total. The van der Waals surface area contributed by atoms with Crippen LogP contribution < -0.4 is 5.32 Å². The Morgan fingerprint density at radius 2 is 2.06 bits per heavy atom. The van der Waals surface area contributed by atoms with Crippen LogP contribution >= 0.6 is 0 Å². The van der Waals surface area contributed by atoms with Crippen molar-refractivity contribution < 1.29 is 4.74 Å². The Labute approximate surface area is 108 Å². The van der Waals surface area contributed by atoms with E-state index in [4.69, 9.17) is 4.74 Å². The average Bonchev–Trinajstić information content (AvgIpc) is 2.33. The van der Waals surface area contributed by atoms with Gasteiger partial charge in [0.15, 0.2) is 0 Å². The molecular weight excluding hydrogens is 210 g/mol. The summed E-state index contributed by atoms with van der Waals surface area (Å²) in [7, 11) is 0. The third-order valence-corrected chi connectivity index (χ3v) is 4.06. The molecule has 102 valence electrons. The molecule has 0 aromatic rings. The molecule has 0 radical (unpaired) electrons. The predicted molar refractivity (Wildman–Crippen MR) is 74.3 cm³/mol. The zero-order valence-corrected chi connectivity index (χ0v) is 12.2. The molecule has 2 heteroatoms. The van der Waals surface area contributed by atoms with Crippen molar-refractivity contribution in [2.45, 2.75) is 71.9 Å². The van der Waals surface area contributed by atoms with Gasteiger partial charge in [0.2, 0.25) is 0 Å². The molecule has 1 saturated carbocycles. The number of rotatable bonds is 7. The Balaban J connectivity index is 2.15. The molecule has 0 amide bonds. The minimum Gasteiger partial charge on any atom is -0.377 e. The van der Waals surface area contributed by atoms with E-state index in [9.17, 15) is 0 Å². The molecule has 0 spiro atoms. The van der Waals surface area contributed by atoms with Gasteiger partial charge in [0.1, 0.15) is 0 Å². The van der Waals surface area contributed by atoms with E-state index >= 15 is 0 Å². The summed E-state index contributed by atoms with van der Waals surface area (Å²) in [6.45, 7) is 11.1. The molecule has 0 aromatic heterocycles. The Morgan fingerprint density at radius 1 is 1.29 bits per heavy atom. The van der Waals surface area contributed by atoms with Crippen molar-refractivity contribution in [2.24, 2.45) is 11.8 Å².